The van der Waals surface area contributed by atoms with Crippen LogP contribution in [0.1, 0.15) is 56.9 Å². The molecule has 1 aliphatic carbocycles. The Morgan fingerprint density at radius 1 is 1.05 bits per heavy atom. The predicted molar refractivity (Wildman–Crippen MR) is 88.0 cm³/mol. The molecule has 116 valence electrons. The van der Waals surface area contributed by atoms with E-state index in [0.717, 1.165) is 17.7 Å². The summed E-state index contributed by atoms with van der Waals surface area (Å²) in [5.74, 6) is 2.68. The Bertz CT molecular complexity index is 451. The van der Waals surface area contributed by atoms with E-state index in [-0.39, 0.29) is 0 Å². The van der Waals surface area contributed by atoms with Crippen LogP contribution < -0.4 is 4.74 Å². The first-order chi connectivity index (χ1) is 10.3. The Balaban J connectivity index is 1.60. The minimum Gasteiger partial charge on any atom is -0.496 e. The summed E-state index contributed by atoms with van der Waals surface area (Å²) in [7, 11) is 1.79. The van der Waals surface area contributed by atoms with Gasteiger partial charge in [0.15, 0.2) is 0 Å². The van der Waals surface area contributed by atoms with Gasteiger partial charge in [0.1, 0.15) is 5.75 Å². The zero-order chi connectivity index (χ0) is 14.7. The van der Waals surface area contributed by atoms with Gasteiger partial charge in [-0.25, -0.2) is 0 Å². The van der Waals surface area contributed by atoms with Gasteiger partial charge in [0.2, 0.25) is 0 Å². The quantitative estimate of drug-likeness (QED) is 0.814. The number of para-hydroxylation sites is 1. The fraction of sp³-hybridized carbons (Fsp3) is 0.684. The smallest absolute Gasteiger partial charge is 0.122 e. The first-order valence-electron chi connectivity index (χ1n) is 8.65. The van der Waals surface area contributed by atoms with Gasteiger partial charge < -0.3 is 9.64 Å². The van der Waals surface area contributed by atoms with E-state index >= 15 is 0 Å². The highest BCUT2D eigenvalue weighted by atomic mass is 16.5. The van der Waals surface area contributed by atoms with E-state index in [1.165, 1.54) is 57.2 Å². The number of likely N-dealkylation sites (tertiary alicyclic amines) is 1. The van der Waals surface area contributed by atoms with Gasteiger partial charge in [-0.15, -0.1) is 0 Å². The lowest BCUT2D eigenvalue weighted by Crippen LogP contribution is -2.43. The fourth-order valence-corrected chi connectivity index (χ4v) is 4.31. The van der Waals surface area contributed by atoms with Gasteiger partial charge in [-0.2, -0.15) is 0 Å². The average Bonchev–Trinajstić information content (AvgIpc) is 2.55. The third kappa shape index (κ3) is 3.42. The molecule has 1 aromatic rings. The van der Waals surface area contributed by atoms with Crippen molar-refractivity contribution in [3.63, 3.8) is 0 Å². The summed E-state index contributed by atoms with van der Waals surface area (Å²) in [4.78, 5) is 2.77. The van der Waals surface area contributed by atoms with Crippen LogP contribution in [0.3, 0.4) is 0 Å². The molecule has 1 aromatic carbocycles. The van der Waals surface area contributed by atoms with E-state index in [1.54, 1.807) is 7.11 Å². The molecule has 0 N–H and O–H groups in total. The average molecular weight is 287 g/mol. The zero-order valence-electron chi connectivity index (χ0n) is 13.6. The molecule has 21 heavy (non-hydrogen) atoms. The lowest BCUT2D eigenvalue weighted by molar-refractivity contribution is 0.105. The van der Waals surface area contributed by atoms with Gasteiger partial charge in [-0.3, -0.25) is 0 Å². The van der Waals surface area contributed by atoms with E-state index in [9.17, 15) is 0 Å². The number of methoxy groups -OCH3 is 1. The van der Waals surface area contributed by atoms with Crippen molar-refractivity contribution in [2.75, 3.05) is 20.2 Å². The molecule has 3 rings (SSSR count). The van der Waals surface area contributed by atoms with Gasteiger partial charge in [0.25, 0.3) is 0 Å². The van der Waals surface area contributed by atoms with E-state index < -0.39 is 0 Å². The maximum absolute atomic E-state index is 5.54. The number of hydrogen-bond donors (Lipinski definition) is 0. The molecule has 2 heteroatoms. The highest BCUT2D eigenvalue weighted by Crippen LogP contribution is 2.36. The molecule has 0 aromatic heterocycles. The van der Waals surface area contributed by atoms with Crippen molar-refractivity contribution in [2.24, 2.45) is 5.92 Å². The second-order valence-electron chi connectivity index (χ2n) is 6.98. The molecule has 2 fully saturated rings. The second-order valence-corrected chi connectivity index (χ2v) is 6.98. The molecule has 0 bridgehead atoms. The number of ether oxygens (including phenoxy) is 1. The van der Waals surface area contributed by atoms with Gasteiger partial charge in [0.05, 0.1) is 7.11 Å². The lowest BCUT2D eigenvalue weighted by Gasteiger charge is -2.41. The first kappa shape index (κ1) is 14.9. The molecule has 1 saturated carbocycles. The standard InChI is InChI=1S/C19H29NO/c1-15-6-5-7-17(14-15)20-12-10-16(11-13-20)18-8-3-4-9-19(18)21-2/h3-4,8-9,15-17H,5-7,10-14H2,1-2H3/t15-,17-/m0/s1. The second kappa shape index (κ2) is 6.83. The van der Waals surface area contributed by atoms with Crippen molar-refractivity contribution >= 4 is 0 Å². The number of rotatable bonds is 3. The van der Waals surface area contributed by atoms with Crippen LogP contribution >= 0.6 is 0 Å². The van der Waals surface area contributed by atoms with Crippen LogP contribution in [0.15, 0.2) is 24.3 Å². The van der Waals surface area contributed by atoms with Crippen molar-refractivity contribution in [2.45, 2.75) is 57.4 Å². The summed E-state index contributed by atoms with van der Waals surface area (Å²) in [5, 5.41) is 0. The third-order valence-corrected chi connectivity index (χ3v) is 5.53. The van der Waals surface area contributed by atoms with E-state index in [4.69, 9.17) is 4.74 Å². The molecule has 0 unspecified atom stereocenters. The van der Waals surface area contributed by atoms with Crippen LogP contribution in [0.5, 0.6) is 5.75 Å². The largest absolute Gasteiger partial charge is 0.496 e. The summed E-state index contributed by atoms with van der Waals surface area (Å²) in [5.41, 5.74) is 1.41. The molecule has 1 heterocycles. The Kier molecular flexibility index (Phi) is 4.84. The fourth-order valence-electron chi connectivity index (χ4n) is 4.31. The molecule has 2 nitrogen and oxygen atoms in total. The van der Waals surface area contributed by atoms with Crippen LogP contribution in [0, 0.1) is 5.92 Å². The predicted octanol–water partition coefficient (Wildman–Crippen LogP) is 4.45. The van der Waals surface area contributed by atoms with Crippen molar-refractivity contribution in [3.8, 4) is 5.75 Å². The number of nitrogens with zero attached hydrogens (tertiary/aromatic N) is 1. The molecule has 1 aliphatic heterocycles. The van der Waals surface area contributed by atoms with E-state index in [0.29, 0.717) is 5.92 Å². The minimum absolute atomic E-state index is 0.679. The molecule has 0 spiro atoms. The van der Waals surface area contributed by atoms with Crippen LogP contribution in [-0.2, 0) is 0 Å². The van der Waals surface area contributed by atoms with Crippen molar-refractivity contribution in [1.82, 2.24) is 4.90 Å². The van der Waals surface area contributed by atoms with Gasteiger partial charge >= 0.3 is 0 Å². The van der Waals surface area contributed by atoms with E-state index in [2.05, 4.69) is 36.1 Å². The number of piperidine rings is 1. The minimum atomic E-state index is 0.679. The van der Waals surface area contributed by atoms with Crippen molar-refractivity contribution < 1.29 is 4.74 Å². The lowest BCUT2D eigenvalue weighted by atomic mass is 9.83. The number of benzene rings is 1. The maximum Gasteiger partial charge on any atom is 0.122 e. The molecular formula is C19H29NO. The summed E-state index contributed by atoms with van der Waals surface area (Å²) in [6, 6.07) is 9.42. The molecule has 1 saturated heterocycles. The highest BCUT2D eigenvalue weighted by molar-refractivity contribution is 5.36. The molecule has 2 atom stereocenters. The van der Waals surface area contributed by atoms with Crippen molar-refractivity contribution in [1.29, 1.82) is 0 Å². The van der Waals surface area contributed by atoms with Crippen LogP contribution in [0.2, 0.25) is 0 Å². The zero-order valence-corrected chi connectivity index (χ0v) is 13.6. The molecule has 0 radical (unpaired) electrons. The Labute approximate surface area is 129 Å². The molecular weight excluding hydrogens is 258 g/mol. The number of hydrogen-bond acceptors (Lipinski definition) is 2. The maximum atomic E-state index is 5.54. The first-order valence-corrected chi connectivity index (χ1v) is 8.65. The van der Waals surface area contributed by atoms with Crippen molar-refractivity contribution in [3.05, 3.63) is 29.8 Å². The summed E-state index contributed by atoms with van der Waals surface area (Å²) >= 11 is 0. The Morgan fingerprint density at radius 3 is 2.52 bits per heavy atom. The normalized spacial score (nSPS) is 28.5. The topological polar surface area (TPSA) is 12.5 Å². The summed E-state index contributed by atoms with van der Waals surface area (Å²) in [6.07, 6.45) is 8.27. The summed E-state index contributed by atoms with van der Waals surface area (Å²) in [6.45, 7) is 4.95. The highest BCUT2D eigenvalue weighted by Gasteiger charge is 2.29. The van der Waals surface area contributed by atoms with Crippen LogP contribution in [0.25, 0.3) is 0 Å². The van der Waals surface area contributed by atoms with Crippen LogP contribution in [0.4, 0.5) is 0 Å². The Morgan fingerprint density at radius 2 is 1.81 bits per heavy atom. The molecule has 0 amide bonds. The third-order valence-electron chi connectivity index (χ3n) is 5.53. The SMILES string of the molecule is COc1ccccc1C1CCN([C@H]2CCC[C@H](C)C2)CC1. The van der Waals surface area contributed by atoms with E-state index in [1.807, 2.05) is 0 Å². The van der Waals surface area contributed by atoms with Crippen LogP contribution in [-0.4, -0.2) is 31.1 Å². The van der Waals surface area contributed by atoms with Gasteiger partial charge in [-0.05, 0) is 62.2 Å². The molecule has 2 aliphatic rings. The summed E-state index contributed by atoms with van der Waals surface area (Å²) < 4.78 is 5.54. The monoisotopic (exact) mass is 287 g/mol. The van der Waals surface area contributed by atoms with Gasteiger partial charge in [-0.1, -0.05) is 38.0 Å². The Hall–Kier alpha value is -1.02. The van der Waals surface area contributed by atoms with Gasteiger partial charge in [0, 0.05) is 6.04 Å².